The highest BCUT2D eigenvalue weighted by Crippen LogP contribution is 2.74. The number of aliphatic hydroxyl groups is 4. The van der Waals surface area contributed by atoms with Gasteiger partial charge < -0.3 is 48.8 Å². The molecule has 8 aliphatic rings. The molecule has 2 aromatic rings. The smallest absolute Gasteiger partial charge is 0.338 e. The van der Waals surface area contributed by atoms with Gasteiger partial charge in [-0.05, 0) is 42.5 Å². The van der Waals surface area contributed by atoms with Crippen LogP contribution in [0.1, 0.15) is 94.5 Å². The van der Waals surface area contributed by atoms with Crippen molar-refractivity contribution >= 4 is 23.5 Å². The molecule has 1 spiro atoms. The zero-order valence-electron chi connectivity index (χ0n) is 33.8. The van der Waals surface area contributed by atoms with Gasteiger partial charge in [-0.2, -0.15) is 0 Å². The quantitative estimate of drug-likeness (QED) is 0.218. The maximum absolute atomic E-state index is 13.9. The van der Waals surface area contributed by atoms with Crippen molar-refractivity contribution in [3.8, 4) is 0 Å². The number of halogens is 1. The summed E-state index contributed by atoms with van der Waals surface area (Å²) < 4.78 is 39.9. The Labute approximate surface area is 349 Å². The van der Waals surface area contributed by atoms with Crippen molar-refractivity contribution in [3.05, 3.63) is 94.5 Å². The normalized spacial score (nSPS) is 46.0. The third kappa shape index (κ3) is 6.07. The molecule has 0 amide bonds. The Morgan fingerprint density at radius 2 is 1.54 bits per heavy atom. The minimum absolute atomic E-state index is 0.0227. The minimum atomic E-state index is -2.28. The third-order valence-corrected chi connectivity index (χ3v) is 15.0. The van der Waals surface area contributed by atoms with Crippen LogP contribution in [0.5, 0.6) is 0 Å². The molecule has 10 rings (SSSR count). The van der Waals surface area contributed by atoms with E-state index in [1.165, 1.54) is 5.54 Å². The summed E-state index contributed by atoms with van der Waals surface area (Å²) >= 11 is 6.54. The molecule has 0 aromatic heterocycles. The van der Waals surface area contributed by atoms with Crippen LogP contribution >= 0.6 is 11.6 Å². The van der Waals surface area contributed by atoms with Crippen LogP contribution in [0, 0.1) is 23.7 Å². The summed E-state index contributed by atoms with van der Waals surface area (Å²) in [6.07, 6.45) is 2.54. The lowest BCUT2D eigenvalue weighted by Crippen LogP contribution is -2.89. The van der Waals surface area contributed by atoms with E-state index in [9.17, 15) is 30.0 Å². The van der Waals surface area contributed by atoms with Crippen LogP contribution in [-0.4, -0.2) is 98.0 Å². The summed E-state index contributed by atoms with van der Waals surface area (Å²) in [6.45, 7) is 4.54. The largest absolute Gasteiger partial charge is 0.459 e. The predicted molar refractivity (Wildman–Crippen MR) is 212 cm³/mol. The zero-order valence-corrected chi connectivity index (χ0v) is 34.5. The van der Waals surface area contributed by atoms with Gasteiger partial charge >= 0.3 is 17.9 Å². The second-order valence-corrected chi connectivity index (χ2v) is 18.6. The molecule has 13 heteroatoms. The Bertz CT molecular complexity index is 2010. The highest BCUT2D eigenvalue weighted by Gasteiger charge is 2.88. The maximum Gasteiger partial charge on any atom is 0.338 e. The van der Waals surface area contributed by atoms with E-state index >= 15 is 0 Å². The van der Waals surface area contributed by atoms with Crippen molar-refractivity contribution in [3.63, 3.8) is 0 Å². The van der Waals surface area contributed by atoms with Gasteiger partial charge in [0.25, 0.3) is 0 Å². The van der Waals surface area contributed by atoms with E-state index in [0.29, 0.717) is 23.1 Å². The summed E-state index contributed by atoms with van der Waals surface area (Å²) in [4.78, 5) is 27.5. The number of benzene rings is 2. The summed E-state index contributed by atoms with van der Waals surface area (Å²) in [5, 5.41) is 51.7. The molecule has 7 fully saturated rings. The van der Waals surface area contributed by atoms with Crippen LogP contribution in [0.2, 0.25) is 0 Å². The summed E-state index contributed by atoms with van der Waals surface area (Å²) in [7, 11) is 0. The number of carbonyl (C=O) groups excluding carboxylic acids is 2. The standard InChI is InChI=1S/C46H55ClO12/c1-27-15-9-5-4-6-10-16-28(2)39(49)55-36-31(23-47)21-33-43(36,52)24-41(25-48)37(56-41)34-38-45(53,42(51,22-27)26-54-40(50)30-17-11-7-12-18-30)35-29(3)44(33,34)59-46(57-35,58-38)32-19-13-8-14-20-32/h7-8,11-14,17-21,23,27-29,34-38,48,51-53H,4-6,9-10,15-16,22,24-26H2,1-3H3/b31-23+/t27?,28?,29-,34+,35+,36+,37+,38-,41+,42?,43-,44+,45+,46?/m1/s1. The molecule has 3 aliphatic carbocycles. The summed E-state index contributed by atoms with van der Waals surface area (Å²) in [6, 6.07) is 17.4. The molecule has 59 heavy (non-hydrogen) atoms. The number of esters is 2. The summed E-state index contributed by atoms with van der Waals surface area (Å²) in [5.74, 6) is -5.59. The van der Waals surface area contributed by atoms with Crippen molar-refractivity contribution in [2.75, 3.05) is 13.2 Å². The van der Waals surface area contributed by atoms with E-state index in [2.05, 4.69) is 0 Å². The van der Waals surface area contributed by atoms with Gasteiger partial charge in [0, 0.05) is 29.0 Å². The molecule has 2 saturated carbocycles. The molecule has 9 bridgehead atoms. The lowest BCUT2D eigenvalue weighted by atomic mass is 9.50. The molecule has 5 saturated heterocycles. The van der Waals surface area contributed by atoms with Crippen LogP contribution in [0.25, 0.3) is 0 Å². The van der Waals surface area contributed by atoms with Crippen molar-refractivity contribution < 1.29 is 58.4 Å². The van der Waals surface area contributed by atoms with E-state index < -0.39 is 101 Å². The Morgan fingerprint density at radius 3 is 2.24 bits per heavy atom. The summed E-state index contributed by atoms with van der Waals surface area (Å²) in [5.41, 5.74) is -6.73. The van der Waals surface area contributed by atoms with Crippen LogP contribution in [-0.2, 0) is 39.2 Å². The first-order chi connectivity index (χ1) is 28.2. The van der Waals surface area contributed by atoms with Gasteiger partial charge in [-0.1, -0.05) is 119 Å². The molecular formula is C46H55ClO12. The van der Waals surface area contributed by atoms with Crippen LogP contribution in [0.15, 0.2) is 83.4 Å². The molecular weight excluding hydrogens is 780 g/mol. The number of hydrogen-bond donors (Lipinski definition) is 4. The first-order valence-corrected chi connectivity index (χ1v) is 21.7. The fourth-order valence-electron chi connectivity index (χ4n) is 11.7. The molecule has 5 heterocycles. The highest BCUT2D eigenvalue weighted by atomic mass is 35.5. The maximum atomic E-state index is 13.9. The van der Waals surface area contributed by atoms with Gasteiger partial charge in [0.05, 0.1) is 30.1 Å². The van der Waals surface area contributed by atoms with E-state index in [1.54, 1.807) is 60.7 Å². The van der Waals surface area contributed by atoms with E-state index in [-0.39, 0.29) is 24.3 Å². The number of aliphatic hydroxyl groups excluding tert-OH is 1. The van der Waals surface area contributed by atoms with Gasteiger partial charge in [-0.15, -0.1) is 0 Å². The molecule has 5 aliphatic heterocycles. The van der Waals surface area contributed by atoms with Gasteiger partial charge in [0.2, 0.25) is 0 Å². The topological polar surface area (TPSA) is 174 Å². The minimum Gasteiger partial charge on any atom is -0.459 e. The van der Waals surface area contributed by atoms with E-state index in [1.807, 2.05) is 26.8 Å². The van der Waals surface area contributed by atoms with Crippen LogP contribution < -0.4 is 0 Å². The second kappa shape index (κ2) is 14.7. The number of ether oxygens (including phenoxy) is 6. The van der Waals surface area contributed by atoms with E-state index in [0.717, 1.165) is 38.5 Å². The van der Waals surface area contributed by atoms with Crippen molar-refractivity contribution in [2.24, 2.45) is 23.7 Å². The lowest BCUT2D eigenvalue weighted by molar-refractivity contribution is -0.584. The molecule has 0 radical (unpaired) electrons. The lowest BCUT2D eigenvalue weighted by Gasteiger charge is -2.73. The van der Waals surface area contributed by atoms with Gasteiger partial charge in [-0.25, -0.2) is 4.79 Å². The highest BCUT2D eigenvalue weighted by molar-refractivity contribution is 6.26. The number of carbonyl (C=O) groups is 2. The molecule has 4 unspecified atom stereocenters. The first kappa shape index (κ1) is 41.2. The van der Waals surface area contributed by atoms with Gasteiger partial charge in [0.1, 0.15) is 46.8 Å². The average molecular weight is 835 g/mol. The fraction of sp³-hybridized carbons (Fsp3) is 0.609. The predicted octanol–water partition coefficient (Wildman–Crippen LogP) is 5.58. The average Bonchev–Trinajstić information content (AvgIpc) is 3.88. The molecule has 14 atom stereocenters. The van der Waals surface area contributed by atoms with Gasteiger partial charge in [-0.3, -0.25) is 4.79 Å². The zero-order chi connectivity index (χ0) is 41.6. The second-order valence-electron chi connectivity index (χ2n) is 18.4. The third-order valence-electron chi connectivity index (χ3n) is 14.7. The van der Waals surface area contributed by atoms with Crippen molar-refractivity contribution in [2.45, 2.75) is 137 Å². The number of rotatable bonds is 5. The van der Waals surface area contributed by atoms with Crippen LogP contribution in [0.4, 0.5) is 0 Å². The molecule has 2 aromatic carbocycles. The van der Waals surface area contributed by atoms with E-state index in [4.69, 9.17) is 40.0 Å². The molecule has 318 valence electrons. The molecule has 12 nitrogen and oxygen atoms in total. The SMILES string of the molecule is CC1CCCCCCCC(C)C(=O)O[C@H]2/C(=C/Cl)C=C3[C@]45OC6(c7ccccc7)O[C@H]([C@@H]4[C@@H]4O[C@]4(CO)C[C@@]32O)[C@@](O)([C@@H](O6)[C@H]5C)C(O)(COC(=O)c2ccccc2)C1. The fourth-order valence-corrected chi connectivity index (χ4v) is 11.9. The first-order valence-electron chi connectivity index (χ1n) is 21.2. The number of hydrogen-bond acceptors (Lipinski definition) is 12. The van der Waals surface area contributed by atoms with Gasteiger partial charge in [0.15, 0.2) is 6.10 Å². The Kier molecular flexibility index (Phi) is 10.3. The monoisotopic (exact) mass is 834 g/mol. The number of epoxide rings is 1. The Balaban J connectivity index is 1.24. The Morgan fingerprint density at radius 1 is 0.881 bits per heavy atom. The van der Waals surface area contributed by atoms with Crippen molar-refractivity contribution in [1.29, 1.82) is 0 Å². The Hall–Kier alpha value is -3.17. The molecule has 4 N–H and O–H groups in total. The number of fused-ring (bicyclic) bond motifs is 1. The van der Waals surface area contributed by atoms with Crippen molar-refractivity contribution in [1.82, 2.24) is 0 Å². The van der Waals surface area contributed by atoms with Crippen LogP contribution in [0.3, 0.4) is 0 Å².